The molecule has 29 heavy (non-hydrogen) atoms. The number of nitrogens with zero attached hydrogens (tertiary/aromatic N) is 3. The van der Waals surface area contributed by atoms with Gasteiger partial charge in [0.25, 0.3) is 0 Å². The summed E-state index contributed by atoms with van der Waals surface area (Å²) >= 11 is 0. The van der Waals surface area contributed by atoms with Crippen molar-refractivity contribution in [3.05, 3.63) is 59.7 Å². The summed E-state index contributed by atoms with van der Waals surface area (Å²) in [4.78, 5) is 11.3. The van der Waals surface area contributed by atoms with Gasteiger partial charge in [-0.25, -0.2) is 16.8 Å². The van der Waals surface area contributed by atoms with Crippen LogP contribution in [-0.2, 0) is 20.0 Å². The lowest BCUT2D eigenvalue weighted by Gasteiger charge is -2.33. The highest BCUT2D eigenvalue weighted by atomic mass is 32.2. The number of benzene rings is 2. The highest BCUT2D eigenvalue weighted by molar-refractivity contribution is 7.89. The van der Waals surface area contributed by atoms with Crippen LogP contribution in [0.4, 0.5) is 0 Å². The van der Waals surface area contributed by atoms with Crippen molar-refractivity contribution in [1.82, 2.24) is 8.61 Å². The molecule has 1 saturated heterocycles. The molecule has 0 amide bonds. The van der Waals surface area contributed by atoms with Crippen molar-refractivity contribution in [3.63, 3.8) is 0 Å². The number of nitriles is 1. The van der Waals surface area contributed by atoms with Crippen molar-refractivity contribution in [1.29, 1.82) is 5.26 Å². The molecule has 10 heteroatoms. The van der Waals surface area contributed by atoms with E-state index < -0.39 is 20.0 Å². The van der Waals surface area contributed by atoms with Crippen LogP contribution in [0.5, 0.6) is 0 Å². The summed E-state index contributed by atoms with van der Waals surface area (Å²) in [6, 6.07) is 13.4. The quantitative estimate of drug-likeness (QED) is 0.659. The summed E-state index contributed by atoms with van der Waals surface area (Å²) in [5, 5.41) is 9.17. The molecule has 152 valence electrons. The standard InChI is InChI=1S/C19H19N3O5S2/c1-15(23)16-6-8-18(9-7-16)28(24,25)21-10-12-22(13-11-21)29(26,27)19-5-3-2-4-17(19)14-20/h2-9H,10-13H2,1H3. The number of rotatable bonds is 5. The lowest BCUT2D eigenvalue weighted by molar-refractivity contribution is 0.101. The minimum Gasteiger partial charge on any atom is -0.295 e. The Morgan fingerprint density at radius 3 is 1.90 bits per heavy atom. The van der Waals surface area contributed by atoms with Gasteiger partial charge >= 0.3 is 0 Å². The Hall–Kier alpha value is -2.58. The van der Waals surface area contributed by atoms with Gasteiger partial charge in [-0.15, -0.1) is 0 Å². The molecule has 0 bridgehead atoms. The van der Waals surface area contributed by atoms with Gasteiger partial charge in [0.1, 0.15) is 6.07 Å². The van der Waals surface area contributed by atoms with Crippen LogP contribution in [0.1, 0.15) is 22.8 Å². The van der Waals surface area contributed by atoms with E-state index in [1.165, 1.54) is 51.9 Å². The predicted octanol–water partition coefficient (Wildman–Crippen LogP) is 1.46. The van der Waals surface area contributed by atoms with Crippen molar-refractivity contribution in [2.45, 2.75) is 16.7 Å². The van der Waals surface area contributed by atoms with Crippen LogP contribution in [0, 0.1) is 11.3 Å². The van der Waals surface area contributed by atoms with E-state index in [1.54, 1.807) is 12.1 Å². The first-order valence-corrected chi connectivity index (χ1v) is 11.7. The second kappa shape index (κ2) is 8.04. The Kier molecular flexibility index (Phi) is 5.86. The van der Waals surface area contributed by atoms with Crippen LogP contribution in [0.25, 0.3) is 0 Å². The normalized spacial score (nSPS) is 16.3. The molecular formula is C19H19N3O5S2. The number of carbonyl (C=O) groups excluding carboxylic acids is 1. The number of Topliss-reactive ketones (excluding diaryl/α,β-unsaturated/α-hetero) is 1. The number of hydrogen-bond acceptors (Lipinski definition) is 6. The van der Waals surface area contributed by atoms with E-state index in [1.807, 2.05) is 6.07 Å². The first-order chi connectivity index (χ1) is 13.7. The summed E-state index contributed by atoms with van der Waals surface area (Å²) in [6.07, 6.45) is 0. The zero-order valence-corrected chi connectivity index (χ0v) is 17.3. The maximum absolute atomic E-state index is 12.9. The summed E-state index contributed by atoms with van der Waals surface area (Å²) in [5.41, 5.74) is 0.462. The fourth-order valence-corrected chi connectivity index (χ4v) is 6.07. The second-order valence-corrected chi connectivity index (χ2v) is 10.3. The van der Waals surface area contributed by atoms with Gasteiger partial charge < -0.3 is 0 Å². The van der Waals surface area contributed by atoms with E-state index in [0.717, 1.165) is 0 Å². The highest BCUT2D eigenvalue weighted by Crippen LogP contribution is 2.23. The number of piperazine rings is 1. The molecule has 0 atom stereocenters. The lowest BCUT2D eigenvalue weighted by atomic mass is 10.2. The number of sulfonamides is 2. The number of hydrogen-bond donors (Lipinski definition) is 0. The summed E-state index contributed by atoms with van der Waals surface area (Å²) in [6.45, 7) is 1.34. The molecule has 0 aromatic heterocycles. The predicted molar refractivity (Wildman–Crippen MR) is 105 cm³/mol. The highest BCUT2D eigenvalue weighted by Gasteiger charge is 2.34. The fourth-order valence-electron chi connectivity index (χ4n) is 3.08. The average molecular weight is 434 g/mol. The maximum atomic E-state index is 12.9. The Morgan fingerprint density at radius 2 is 1.38 bits per heavy atom. The molecule has 0 aliphatic carbocycles. The topological polar surface area (TPSA) is 116 Å². The molecule has 2 aromatic carbocycles. The Balaban J connectivity index is 1.77. The molecule has 0 radical (unpaired) electrons. The fraction of sp³-hybridized carbons (Fsp3) is 0.263. The molecule has 1 aliphatic rings. The van der Waals surface area contributed by atoms with Crippen LogP contribution in [0.2, 0.25) is 0 Å². The second-order valence-electron chi connectivity index (χ2n) is 6.50. The number of ketones is 1. The minimum atomic E-state index is -3.90. The molecule has 3 rings (SSSR count). The smallest absolute Gasteiger partial charge is 0.244 e. The van der Waals surface area contributed by atoms with Crippen molar-refractivity contribution in [3.8, 4) is 6.07 Å². The lowest BCUT2D eigenvalue weighted by Crippen LogP contribution is -2.50. The van der Waals surface area contributed by atoms with Gasteiger partial charge in [-0.3, -0.25) is 4.79 Å². The molecule has 0 unspecified atom stereocenters. The SMILES string of the molecule is CC(=O)c1ccc(S(=O)(=O)N2CCN(S(=O)(=O)c3ccccc3C#N)CC2)cc1. The third-order valence-corrected chi connectivity index (χ3v) is 8.59. The summed E-state index contributed by atoms with van der Waals surface area (Å²) < 4.78 is 53.8. The molecule has 0 saturated carbocycles. The van der Waals surface area contributed by atoms with Crippen LogP contribution < -0.4 is 0 Å². The Morgan fingerprint density at radius 1 is 0.862 bits per heavy atom. The van der Waals surface area contributed by atoms with Crippen molar-refractivity contribution >= 4 is 25.8 Å². The van der Waals surface area contributed by atoms with Gasteiger partial charge in [-0.05, 0) is 31.2 Å². The van der Waals surface area contributed by atoms with Gasteiger partial charge in [0, 0.05) is 31.7 Å². The Labute approximate surface area is 170 Å². The zero-order valence-electron chi connectivity index (χ0n) is 15.6. The molecule has 0 spiro atoms. The molecule has 8 nitrogen and oxygen atoms in total. The zero-order chi connectivity index (χ0) is 21.2. The molecule has 1 fully saturated rings. The molecule has 0 N–H and O–H groups in total. The van der Waals surface area contributed by atoms with Gasteiger partial charge in [0.2, 0.25) is 20.0 Å². The average Bonchev–Trinajstić information content (AvgIpc) is 2.73. The first kappa shape index (κ1) is 21.1. The third-order valence-electron chi connectivity index (χ3n) is 4.72. The molecule has 1 aliphatic heterocycles. The monoisotopic (exact) mass is 433 g/mol. The first-order valence-electron chi connectivity index (χ1n) is 8.78. The molecular weight excluding hydrogens is 414 g/mol. The van der Waals surface area contributed by atoms with Crippen LogP contribution in [-0.4, -0.2) is 57.4 Å². The molecule has 2 aromatic rings. The van der Waals surface area contributed by atoms with E-state index in [-0.39, 0.29) is 47.3 Å². The van der Waals surface area contributed by atoms with Gasteiger partial charge in [0.15, 0.2) is 5.78 Å². The van der Waals surface area contributed by atoms with Crippen LogP contribution in [0.15, 0.2) is 58.3 Å². The largest absolute Gasteiger partial charge is 0.295 e. The number of carbonyl (C=O) groups is 1. The molecule has 1 heterocycles. The van der Waals surface area contributed by atoms with Crippen molar-refractivity contribution in [2.24, 2.45) is 0 Å². The van der Waals surface area contributed by atoms with E-state index in [2.05, 4.69) is 0 Å². The Bertz CT molecular complexity index is 1180. The third kappa shape index (κ3) is 4.09. The van der Waals surface area contributed by atoms with Crippen LogP contribution >= 0.6 is 0 Å². The van der Waals surface area contributed by atoms with E-state index in [0.29, 0.717) is 5.56 Å². The van der Waals surface area contributed by atoms with Crippen molar-refractivity contribution in [2.75, 3.05) is 26.2 Å². The van der Waals surface area contributed by atoms with Gasteiger partial charge in [0.05, 0.1) is 15.4 Å². The van der Waals surface area contributed by atoms with Gasteiger partial charge in [-0.2, -0.15) is 13.9 Å². The van der Waals surface area contributed by atoms with Gasteiger partial charge in [-0.1, -0.05) is 24.3 Å². The van der Waals surface area contributed by atoms with Crippen LogP contribution in [0.3, 0.4) is 0 Å². The summed E-state index contributed by atoms with van der Waals surface area (Å²) in [7, 11) is -7.70. The van der Waals surface area contributed by atoms with E-state index >= 15 is 0 Å². The van der Waals surface area contributed by atoms with Crippen molar-refractivity contribution < 1.29 is 21.6 Å². The van der Waals surface area contributed by atoms with E-state index in [4.69, 9.17) is 5.26 Å². The summed E-state index contributed by atoms with van der Waals surface area (Å²) in [5.74, 6) is -0.162. The van der Waals surface area contributed by atoms with E-state index in [9.17, 15) is 21.6 Å². The minimum absolute atomic E-state index is 0.00918. The maximum Gasteiger partial charge on any atom is 0.244 e.